The Labute approximate surface area is 173 Å². The van der Waals surface area contributed by atoms with E-state index in [0.717, 1.165) is 4.68 Å². The minimum Gasteiger partial charge on any atom is -0.377 e. The Balaban J connectivity index is 1.93. The number of halogens is 4. The third-order valence-electron chi connectivity index (χ3n) is 3.34. The maximum atomic E-state index is 12.4. The topological polar surface area (TPSA) is 78.3 Å². The zero-order chi connectivity index (χ0) is 19.8. The Kier molecular flexibility index (Phi) is 5.69. The zero-order valence-electron chi connectivity index (χ0n) is 13.1. The van der Waals surface area contributed by atoms with Crippen LogP contribution in [0, 0.1) is 0 Å². The molecule has 0 bridgehead atoms. The first-order valence-electron chi connectivity index (χ1n) is 7.12. The van der Waals surface area contributed by atoms with Crippen LogP contribution >= 0.6 is 46.4 Å². The molecule has 2 aromatic carbocycles. The van der Waals surface area contributed by atoms with E-state index in [-0.39, 0.29) is 25.7 Å². The van der Waals surface area contributed by atoms with Crippen LogP contribution in [0.1, 0.15) is 0 Å². The van der Waals surface area contributed by atoms with Gasteiger partial charge in [0.05, 0.1) is 21.9 Å². The van der Waals surface area contributed by atoms with Crippen molar-refractivity contribution in [3.63, 3.8) is 0 Å². The first-order valence-corrected chi connectivity index (χ1v) is 10.0. The molecule has 0 saturated carbocycles. The fourth-order valence-electron chi connectivity index (χ4n) is 2.06. The molecule has 0 fully saturated rings. The van der Waals surface area contributed by atoms with Crippen LogP contribution in [0.3, 0.4) is 0 Å². The van der Waals surface area contributed by atoms with E-state index in [1.807, 2.05) is 0 Å². The second kappa shape index (κ2) is 7.69. The lowest BCUT2D eigenvalue weighted by molar-refractivity contribution is 0.486. The molecular weight excluding hydrogens is 458 g/mol. The molecule has 1 heterocycles. The van der Waals surface area contributed by atoms with E-state index in [4.69, 9.17) is 50.6 Å². The largest absolute Gasteiger partial charge is 0.377 e. The highest BCUT2D eigenvalue weighted by Crippen LogP contribution is 2.30. The second-order valence-electron chi connectivity index (χ2n) is 5.13. The van der Waals surface area contributed by atoms with E-state index in [9.17, 15) is 13.2 Å². The van der Waals surface area contributed by atoms with Gasteiger partial charge in [-0.2, -0.15) is 18.2 Å². The van der Waals surface area contributed by atoms with Gasteiger partial charge in [-0.15, -0.1) is 0 Å². The van der Waals surface area contributed by atoms with Crippen molar-refractivity contribution in [1.82, 2.24) is 9.78 Å². The maximum Gasteiger partial charge on any atom is 0.339 e. The average Bonchev–Trinajstić information content (AvgIpc) is 2.62. The summed E-state index contributed by atoms with van der Waals surface area (Å²) in [7, 11) is -4.16. The van der Waals surface area contributed by atoms with Crippen LogP contribution in [-0.4, -0.2) is 18.2 Å². The van der Waals surface area contributed by atoms with Gasteiger partial charge in [-0.25, -0.2) is 0 Å². The Bertz CT molecular complexity index is 1180. The third kappa shape index (κ3) is 4.23. The number of nitrogens with zero attached hydrogens (tertiary/aromatic N) is 2. The zero-order valence-corrected chi connectivity index (χ0v) is 16.9. The van der Waals surface area contributed by atoms with E-state index in [0.29, 0.717) is 10.7 Å². The van der Waals surface area contributed by atoms with E-state index in [2.05, 4.69) is 5.10 Å². The average molecular weight is 466 g/mol. The molecule has 6 nitrogen and oxygen atoms in total. The van der Waals surface area contributed by atoms with Crippen LogP contribution in [0.25, 0.3) is 5.69 Å². The minimum absolute atomic E-state index is 0.0188. The molecule has 0 atom stereocenters. The summed E-state index contributed by atoms with van der Waals surface area (Å²) in [5.74, 6) is -0.0625. The molecule has 3 rings (SSSR count). The van der Waals surface area contributed by atoms with Gasteiger partial charge in [0.1, 0.15) is 9.92 Å². The smallest absolute Gasteiger partial charge is 0.339 e. The lowest BCUT2D eigenvalue weighted by atomic mass is 10.3. The predicted octanol–water partition coefficient (Wildman–Crippen LogP) is 4.61. The summed E-state index contributed by atoms with van der Waals surface area (Å²) in [4.78, 5) is 11.9. The Morgan fingerprint density at radius 2 is 1.59 bits per heavy atom. The summed E-state index contributed by atoms with van der Waals surface area (Å²) in [5, 5.41) is 4.09. The van der Waals surface area contributed by atoms with E-state index in [1.54, 1.807) is 0 Å². The van der Waals surface area contributed by atoms with Gasteiger partial charge in [-0.05, 0) is 42.5 Å². The Hall–Kier alpha value is -1.77. The van der Waals surface area contributed by atoms with Crippen LogP contribution in [0.4, 0.5) is 0 Å². The Morgan fingerprint density at radius 1 is 0.926 bits per heavy atom. The summed E-state index contributed by atoms with van der Waals surface area (Å²) >= 11 is 23.2. The van der Waals surface area contributed by atoms with Gasteiger partial charge in [0.15, 0.2) is 5.75 Å². The molecule has 0 amide bonds. The molecule has 0 N–H and O–H groups in total. The molecule has 27 heavy (non-hydrogen) atoms. The van der Waals surface area contributed by atoms with Gasteiger partial charge >= 0.3 is 10.1 Å². The minimum atomic E-state index is -4.16. The number of hydrogen-bond acceptors (Lipinski definition) is 5. The lowest BCUT2D eigenvalue weighted by Crippen LogP contribution is -2.21. The summed E-state index contributed by atoms with van der Waals surface area (Å²) in [6.45, 7) is 0. The SMILES string of the molecule is O=c1c(Cl)c(Cl)cnn1-c1ccc(S(=O)(=O)Oc2ccc(Cl)cc2Cl)cc1. The molecule has 0 unspecified atom stereocenters. The van der Waals surface area contributed by atoms with Gasteiger partial charge in [-0.3, -0.25) is 4.79 Å². The number of benzene rings is 2. The fourth-order valence-corrected chi connectivity index (χ4v) is 3.75. The van der Waals surface area contributed by atoms with Gasteiger partial charge in [-0.1, -0.05) is 46.4 Å². The van der Waals surface area contributed by atoms with Gasteiger partial charge in [0, 0.05) is 5.02 Å². The van der Waals surface area contributed by atoms with Crippen molar-refractivity contribution in [3.05, 3.63) is 79.1 Å². The number of aromatic nitrogens is 2. The molecule has 0 aliphatic heterocycles. The highest BCUT2D eigenvalue weighted by atomic mass is 35.5. The molecule has 1 aromatic heterocycles. The first-order chi connectivity index (χ1) is 12.7. The molecule has 0 spiro atoms. The van der Waals surface area contributed by atoms with Crippen molar-refractivity contribution < 1.29 is 12.6 Å². The van der Waals surface area contributed by atoms with E-state index < -0.39 is 15.7 Å². The predicted molar refractivity (Wildman–Crippen MR) is 104 cm³/mol. The summed E-state index contributed by atoms with van der Waals surface area (Å²) in [6, 6.07) is 9.41. The number of hydrogen-bond donors (Lipinski definition) is 0. The number of rotatable bonds is 4. The molecular formula is C16H8Cl4N2O4S. The van der Waals surface area contributed by atoms with Crippen LogP contribution in [0.2, 0.25) is 20.1 Å². The van der Waals surface area contributed by atoms with Gasteiger partial charge in [0.25, 0.3) is 5.56 Å². The third-order valence-corrected chi connectivity index (χ3v) is 5.87. The van der Waals surface area contributed by atoms with Crippen molar-refractivity contribution in [2.75, 3.05) is 0 Å². The van der Waals surface area contributed by atoms with Crippen molar-refractivity contribution in [2.24, 2.45) is 0 Å². The molecule has 3 aromatic rings. The van der Waals surface area contributed by atoms with Crippen LogP contribution < -0.4 is 9.74 Å². The van der Waals surface area contributed by atoms with Crippen molar-refractivity contribution >= 4 is 56.5 Å². The van der Waals surface area contributed by atoms with Crippen LogP contribution in [0.5, 0.6) is 5.75 Å². The second-order valence-corrected chi connectivity index (χ2v) is 8.30. The van der Waals surface area contributed by atoms with E-state index in [1.165, 1.54) is 48.7 Å². The fraction of sp³-hybridized carbons (Fsp3) is 0. The summed E-state index contributed by atoms with van der Waals surface area (Å²) in [6.07, 6.45) is 1.21. The normalized spacial score (nSPS) is 11.4. The highest BCUT2D eigenvalue weighted by Gasteiger charge is 2.19. The standard InChI is InChI=1S/C16H8Cl4N2O4S/c17-9-1-6-14(12(18)7-9)26-27(24,25)11-4-2-10(3-5-11)22-16(23)15(20)13(19)8-21-22/h1-8H. The first kappa shape index (κ1) is 20.0. The van der Waals surface area contributed by atoms with E-state index >= 15 is 0 Å². The monoisotopic (exact) mass is 464 g/mol. The molecule has 0 saturated heterocycles. The molecule has 0 aliphatic carbocycles. The summed E-state index contributed by atoms with van der Waals surface area (Å²) in [5.41, 5.74) is -0.342. The highest BCUT2D eigenvalue weighted by molar-refractivity contribution is 7.87. The Morgan fingerprint density at radius 3 is 2.22 bits per heavy atom. The lowest BCUT2D eigenvalue weighted by Gasteiger charge is -2.10. The van der Waals surface area contributed by atoms with Gasteiger partial charge < -0.3 is 4.18 Å². The molecule has 0 aliphatic rings. The van der Waals surface area contributed by atoms with Crippen molar-refractivity contribution in [2.45, 2.75) is 4.90 Å². The van der Waals surface area contributed by atoms with Crippen LogP contribution in [-0.2, 0) is 10.1 Å². The molecule has 140 valence electrons. The van der Waals surface area contributed by atoms with Crippen molar-refractivity contribution in [1.29, 1.82) is 0 Å². The van der Waals surface area contributed by atoms with Crippen molar-refractivity contribution in [3.8, 4) is 11.4 Å². The molecule has 0 radical (unpaired) electrons. The van der Waals surface area contributed by atoms with Crippen LogP contribution in [0.15, 0.2) is 58.4 Å². The quantitative estimate of drug-likeness (QED) is 0.525. The summed E-state index contributed by atoms with van der Waals surface area (Å²) < 4.78 is 30.9. The maximum absolute atomic E-state index is 12.4. The molecule has 11 heteroatoms. The van der Waals surface area contributed by atoms with Gasteiger partial charge in [0.2, 0.25) is 0 Å².